The smallest absolute Gasteiger partial charge is 0.215 e. The van der Waals surface area contributed by atoms with Crippen molar-refractivity contribution >= 4 is 10.0 Å². The average molecular weight is 295 g/mol. The lowest BCUT2D eigenvalue weighted by Crippen LogP contribution is -2.27. The number of sulfonamides is 1. The van der Waals surface area contributed by atoms with Gasteiger partial charge in [-0.3, -0.25) is 0 Å². The van der Waals surface area contributed by atoms with Crippen molar-refractivity contribution in [1.82, 2.24) is 14.7 Å². The van der Waals surface area contributed by atoms with Crippen LogP contribution in [0.3, 0.4) is 0 Å². The fourth-order valence-electron chi connectivity index (χ4n) is 1.71. The normalized spacial score (nSPS) is 11.4. The molecule has 1 aromatic carbocycles. The Labute approximate surface area is 116 Å². The lowest BCUT2D eigenvalue weighted by Gasteiger charge is -2.06. The molecule has 2 rings (SSSR count). The summed E-state index contributed by atoms with van der Waals surface area (Å²) < 4.78 is 39.1. The standard InChI is InChI=1S/C13H14FN3O2S/c14-13-3-1-2-11(6-13)9-20(18,19)17-5-4-12-7-15-10-16-8-12/h1-3,6-8,10,17H,4-5,9H2. The van der Waals surface area contributed by atoms with Crippen LogP contribution in [0.2, 0.25) is 0 Å². The minimum absolute atomic E-state index is 0.240. The Hall–Kier alpha value is -1.86. The highest BCUT2D eigenvalue weighted by molar-refractivity contribution is 7.88. The Morgan fingerprint density at radius 1 is 1.15 bits per heavy atom. The van der Waals surface area contributed by atoms with Gasteiger partial charge in [-0.25, -0.2) is 27.5 Å². The van der Waals surface area contributed by atoms with E-state index < -0.39 is 15.8 Å². The van der Waals surface area contributed by atoms with Crippen LogP contribution in [0, 0.1) is 5.82 Å². The van der Waals surface area contributed by atoms with E-state index in [4.69, 9.17) is 0 Å². The zero-order valence-electron chi connectivity index (χ0n) is 10.7. The first-order chi connectivity index (χ1) is 9.55. The van der Waals surface area contributed by atoms with Crippen LogP contribution in [0.5, 0.6) is 0 Å². The maximum atomic E-state index is 13.0. The molecule has 20 heavy (non-hydrogen) atoms. The highest BCUT2D eigenvalue weighted by Crippen LogP contribution is 2.07. The maximum Gasteiger partial charge on any atom is 0.215 e. The molecule has 0 bridgehead atoms. The summed E-state index contributed by atoms with van der Waals surface area (Å²) in [7, 11) is -3.48. The Balaban J connectivity index is 1.88. The van der Waals surface area contributed by atoms with Crippen LogP contribution in [0.1, 0.15) is 11.1 Å². The number of nitrogens with zero attached hydrogens (tertiary/aromatic N) is 2. The number of hydrogen-bond donors (Lipinski definition) is 1. The van der Waals surface area contributed by atoms with Crippen molar-refractivity contribution in [3.8, 4) is 0 Å². The fourth-order valence-corrected chi connectivity index (χ4v) is 2.84. The topological polar surface area (TPSA) is 72.0 Å². The van der Waals surface area contributed by atoms with Crippen LogP contribution >= 0.6 is 0 Å². The molecule has 0 fully saturated rings. The molecule has 7 heteroatoms. The predicted molar refractivity (Wildman–Crippen MR) is 72.8 cm³/mol. The van der Waals surface area contributed by atoms with E-state index in [2.05, 4.69) is 14.7 Å². The van der Waals surface area contributed by atoms with Gasteiger partial charge in [0.15, 0.2) is 0 Å². The number of aromatic nitrogens is 2. The van der Waals surface area contributed by atoms with Crippen LogP contribution in [0.4, 0.5) is 4.39 Å². The molecule has 0 amide bonds. The molecule has 0 radical (unpaired) electrons. The van der Waals surface area contributed by atoms with Crippen molar-refractivity contribution in [3.05, 3.63) is 59.9 Å². The van der Waals surface area contributed by atoms with Crippen LogP contribution in [0.15, 0.2) is 43.0 Å². The maximum absolute atomic E-state index is 13.0. The first-order valence-corrected chi connectivity index (χ1v) is 7.66. The second-order valence-electron chi connectivity index (χ2n) is 4.28. The van der Waals surface area contributed by atoms with E-state index in [1.165, 1.54) is 24.5 Å². The van der Waals surface area contributed by atoms with Gasteiger partial charge in [-0.1, -0.05) is 12.1 Å². The van der Waals surface area contributed by atoms with Gasteiger partial charge >= 0.3 is 0 Å². The van der Waals surface area contributed by atoms with E-state index in [0.717, 1.165) is 5.56 Å². The summed E-state index contributed by atoms with van der Waals surface area (Å²) >= 11 is 0. The number of rotatable bonds is 6. The second kappa shape index (κ2) is 6.53. The number of hydrogen-bond acceptors (Lipinski definition) is 4. The largest absolute Gasteiger partial charge is 0.245 e. The van der Waals surface area contributed by atoms with Gasteiger partial charge in [-0.05, 0) is 29.7 Å². The third kappa shape index (κ3) is 4.67. The van der Waals surface area contributed by atoms with Crippen LogP contribution in [-0.2, 0) is 22.2 Å². The zero-order chi connectivity index (χ0) is 14.4. The van der Waals surface area contributed by atoms with Gasteiger partial charge in [-0.15, -0.1) is 0 Å². The van der Waals surface area contributed by atoms with Crippen molar-refractivity contribution in [2.45, 2.75) is 12.2 Å². The summed E-state index contributed by atoms with van der Waals surface area (Å²) in [5.74, 6) is -0.685. The Morgan fingerprint density at radius 2 is 1.90 bits per heavy atom. The number of benzene rings is 1. The summed E-state index contributed by atoms with van der Waals surface area (Å²) in [5, 5.41) is 0. The van der Waals surface area contributed by atoms with E-state index in [9.17, 15) is 12.8 Å². The molecular formula is C13H14FN3O2S. The fraction of sp³-hybridized carbons (Fsp3) is 0.231. The van der Waals surface area contributed by atoms with Crippen LogP contribution in [-0.4, -0.2) is 24.9 Å². The van der Waals surface area contributed by atoms with Crippen molar-refractivity contribution in [2.75, 3.05) is 6.54 Å². The highest BCUT2D eigenvalue weighted by Gasteiger charge is 2.11. The van der Waals surface area contributed by atoms with Gasteiger partial charge in [0, 0.05) is 18.9 Å². The van der Waals surface area contributed by atoms with Gasteiger partial charge in [0.25, 0.3) is 0 Å². The van der Waals surface area contributed by atoms with E-state index in [1.807, 2.05) is 0 Å². The molecule has 0 saturated carbocycles. The third-order valence-corrected chi connectivity index (χ3v) is 3.95. The molecular weight excluding hydrogens is 281 g/mol. The molecule has 0 aliphatic rings. The molecule has 1 aromatic heterocycles. The van der Waals surface area contributed by atoms with Gasteiger partial charge in [0.1, 0.15) is 12.1 Å². The molecule has 106 valence electrons. The van der Waals surface area contributed by atoms with Crippen molar-refractivity contribution < 1.29 is 12.8 Å². The van der Waals surface area contributed by atoms with Crippen LogP contribution < -0.4 is 4.72 Å². The molecule has 2 aromatic rings. The first-order valence-electron chi connectivity index (χ1n) is 6.01. The highest BCUT2D eigenvalue weighted by atomic mass is 32.2. The average Bonchev–Trinajstić information content (AvgIpc) is 2.39. The molecule has 0 unspecified atom stereocenters. The van der Waals surface area contributed by atoms with Crippen molar-refractivity contribution in [2.24, 2.45) is 0 Å². The summed E-state index contributed by atoms with van der Waals surface area (Å²) in [6.07, 6.45) is 5.18. The molecule has 0 aliphatic heterocycles. The molecule has 0 spiro atoms. The van der Waals surface area contributed by atoms with Crippen molar-refractivity contribution in [3.63, 3.8) is 0 Å². The third-order valence-electron chi connectivity index (χ3n) is 2.60. The van der Waals surface area contributed by atoms with Crippen LogP contribution in [0.25, 0.3) is 0 Å². The lowest BCUT2D eigenvalue weighted by atomic mass is 10.2. The Kier molecular flexibility index (Phi) is 4.75. The number of halogens is 1. The quantitative estimate of drug-likeness (QED) is 0.871. The molecule has 1 N–H and O–H groups in total. The summed E-state index contributed by atoms with van der Waals surface area (Å²) in [4.78, 5) is 7.69. The first kappa shape index (κ1) is 14.5. The Bertz CT molecular complexity index is 662. The SMILES string of the molecule is O=S(=O)(Cc1cccc(F)c1)NCCc1cncnc1. The second-order valence-corrected chi connectivity index (χ2v) is 6.09. The predicted octanol–water partition coefficient (Wildman–Crippen LogP) is 1.28. The Morgan fingerprint density at radius 3 is 2.60 bits per heavy atom. The molecule has 0 saturated heterocycles. The minimum atomic E-state index is -3.48. The summed E-state index contributed by atoms with van der Waals surface area (Å²) in [6.45, 7) is 0.255. The van der Waals surface area contributed by atoms with E-state index >= 15 is 0 Å². The minimum Gasteiger partial charge on any atom is -0.245 e. The number of nitrogens with one attached hydrogen (secondary N) is 1. The lowest BCUT2D eigenvalue weighted by molar-refractivity contribution is 0.580. The monoisotopic (exact) mass is 295 g/mol. The molecule has 1 heterocycles. The van der Waals surface area contributed by atoms with E-state index in [1.54, 1.807) is 18.5 Å². The zero-order valence-corrected chi connectivity index (χ0v) is 11.5. The van der Waals surface area contributed by atoms with Crippen molar-refractivity contribution in [1.29, 1.82) is 0 Å². The molecule has 0 aliphatic carbocycles. The summed E-state index contributed by atoms with van der Waals surface area (Å²) in [6, 6.07) is 5.55. The van der Waals surface area contributed by atoms with E-state index in [0.29, 0.717) is 12.0 Å². The molecule has 5 nitrogen and oxygen atoms in total. The summed E-state index contributed by atoms with van der Waals surface area (Å²) in [5.41, 5.74) is 1.27. The van der Waals surface area contributed by atoms with Gasteiger partial charge in [0.2, 0.25) is 10.0 Å². The van der Waals surface area contributed by atoms with Gasteiger partial charge in [0.05, 0.1) is 5.75 Å². The van der Waals surface area contributed by atoms with Gasteiger partial charge < -0.3 is 0 Å². The van der Waals surface area contributed by atoms with E-state index in [-0.39, 0.29) is 12.3 Å². The molecule has 0 atom stereocenters. The van der Waals surface area contributed by atoms with Gasteiger partial charge in [-0.2, -0.15) is 0 Å².